The predicted molar refractivity (Wildman–Crippen MR) is 51.4 cm³/mol. The molecule has 4 nitrogen and oxygen atoms in total. The molecule has 1 amide bonds. The van der Waals surface area contributed by atoms with Crippen molar-refractivity contribution in [3.05, 3.63) is 17.7 Å². The summed E-state index contributed by atoms with van der Waals surface area (Å²) >= 11 is 0. The fourth-order valence-electron chi connectivity index (χ4n) is 0.755. The topological polar surface area (TPSA) is 56.7 Å². The lowest BCUT2D eigenvalue weighted by atomic mass is 10.3. The van der Waals surface area contributed by atoms with Gasteiger partial charge in [0.05, 0.1) is 0 Å². The van der Waals surface area contributed by atoms with Crippen molar-refractivity contribution in [2.24, 2.45) is 0 Å². The van der Waals surface area contributed by atoms with Crippen molar-refractivity contribution >= 4 is 12.1 Å². The van der Waals surface area contributed by atoms with Crippen molar-refractivity contribution < 1.29 is 9.58 Å². The van der Waals surface area contributed by atoms with Crippen molar-refractivity contribution in [3.8, 4) is 0 Å². The van der Waals surface area contributed by atoms with Crippen molar-refractivity contribution in [2.45, 2.75) is 19.8 Å². The Hall–Kier alpha value is -1.41. The Morgan fingerprint density at radius 1 is 1.54 bits per heavy atom. The van der Waals surface area contributed by atoms with E-state index >= 15 is 0 Å². The maximum atomic E-state index is 11.0. The van der Waals surface area contributed by atoms with Crippen LogP contribution >= 0.6 is 0 Å². The lowest BCUT2D eigenvalue weighted by Gasteiger charge is -2.08. The minimum Gasteiger partial charge on any atom is -0.361 e. The molecule has 4 heteroatoms. The van der Waals surface area contributed by atoms with Gasteiger partial charge in [-0.05, 0) is 6.42 Å². The molecule has 0 saturated carbocycles. The highest BCUT2D eigenvalue weighted by Crippen LogP contribution is 1.89. The molecule has 0 atom stereocenters. The van der Waals surface area contributed by atoms with E-state index in [2.05, 4.69) is 11.7 Å². The molecule has 72 valence electrons. The summed E-state index contributed by atoms with van der Waals surface area (Å²) in [6.45, 7) is 2.64. The summed E-state index contributed by atoms with van der Waals surface area (Å²) in [6, 6.07) is 0. The standard InChI is InChI=1S/C9H15N3O/c1-3-4-5-6-7-12(2)9(13)8-11-10/h5-6,8H,3-4,7H2,1-2H3/b6-5+. The number of allylic oxidation sites excluding steroid dienone is 1. The summed E-state index contributed by atoms with van der Waals surface area (Å²) in [6.07, 6.45) is 6.96. The fraction of sp³-hybridized carbons (Fsp3) is 0.556. The van der Waals surface area contributed by atoms with Crippen LogP contribution < -0.4 is 0 Å². The average Bonchev–Trinajstić information content (AvgIpc) is 2.12. The van der Waals surface area contributed by atoms with E-state index in [0.717, 1.165) is 19.1 Å². The molecule has 0 bridgehead atoms. The van der Waals surface area contributed by atoms with Gasteiger partial charge in [0, 0.05) is 13.6 Å². The van der Waals surface area contributed by atoms with Gasteiger partial charge in [-0.25, -0.2) is 0 Å². The Balaban J connectivity index is 3.79. The normalized spacial score (nSPS) is 9.69. The lowest BCUT2D eigenvalue weighted by Crippen LogP contribution is -2.27. The maximum absolute atomic E-state index is 11.0. The van der Waals surface area contributed by atoms with E-state index in [9.17, 15) is 4.79 Å². The van der Waals surface area contributed by atoms with Gasteiger partial charge in [-0.15, -0.1) is 0 Å². The van der Waals surface area contributed by atoms with Crippen molar-refractivity contribution in [1.29, 1.82) is 0 Å². The Labute approximate surface area is 78.5 Å². The van der Waals surface area contributed by atoms with Gasteiger partial charge in [0.15, 0.2) is 0 Å². The number of carbonyl (C=O) groups is 1. The van der Waals surface area contributed by atoms with Crippen LogP contribution in [-0.4, -0.2) is 35.4 Å². The van der Waals surface area contributed by atoms with Crippen LogP contribution in [-0.2, 0) is 4.79 Å². The molecule has 0 unspecified atom stereocenters. The predicted octanol–water partition coefficient (Wildman–Crippen LogP) is 1.10. The van der Waals surface area contributed by atoms with Gasteiger partial charge in [0.2, 0.25) is 0 Å². The number of nitrogens with zero attached hydrogens (tertiary/aromatic N) is 3. The molecule has 0 aliphatic heterocycles. The molecule has 0 aliphatic rings. The molecule has 0 fully saturated rings. The van der Waals surface area contributed by atoms with Gasteiger partial charge in [-0.1, -0.05) is 25.5 Å². The monoisotopic (exact) mass is 181 g/mol. The van der Waals surface area contributed by atoms with Gasteiger partial charge >= 0.3 is 12.1 Å². The molecule has 0 aromatic carbocycles. The Morgan fingerprint density at radius 3 is 2.77 bits per heavy atom. The number of carbonyl (C=O) groups excluding carboxylic acids is 1. The van der Waals surface area contributed by atoms with Crippen LogP contribution in [0.2, 0.25) is 0 Å². The first-order valence-corrected chi connectivity index (χ1v) is 4.29. The highest BCUT2D eigenvalue weighted by molar-refractivity contribution is 6.23. The first-order chi connectivity index (χ1) is 6.22. The molecule has 13 heavy (non-hydrogen) atoms. The number of hydrogen-bond donors (Lipinski definition) is 0. The van der Waals surface area contributed by atoms with E-state index in [-0.39, 0.29) is 5.91 Å². The summed E-state index contributed by atoms with van der Waals surface area (Å²) in [5.41, 5.74) is 8.10. The van der Waals surface area contributed by atoms with Gasteiger partial charge in [-0.2, -0.15) is 4.79 Å². The molecule has 0 aliphatic carbocycles. The summed E-state index contributed by atoms with van der Waals surface area (Å²) < 4.78 is 0. The van der Waals surface area contributed by atoms with E-state index in [0.29, 0.717) is 6.54 Å². The zero-order valence-corrected chi connectivity index (χ0v) is 8.10. The first-order valence-electron chi connectivity index (χ1n) is 4.29. The van der Waals surface area contributed by atoms with E-state index < -0.39 is 0 Å². The first kappa shape index (κ1) is 11.6. The van der Waals surface area contributed by atoms with Crippen LogP contribution in [0.4, 0.5) is 0 Å². The third-order valence-electron chi connectivity index (χ3n) is 1.55. The molecule has 0 aromatic heterocycles. The zero-order valence-electron chi connectivity index (χ0n) is 8.10. The van der Waals surface area contributed by atoms with Gasteiger partial charge in [-0.3, -0.25) is 4.79 Å². The van der Waals surface area contributed by atoms with E-state index in [4.69, 9.17) is 5.53 Å². The molecule has 0 N–H and O–H groups in total. The summed E-state index contributed by atoms with van der Waals surface area (Å²) in [4.78, 5) is 15.1. The van der Waals surface area contributed by atoms with Crippen LogP contribution in [0.1, 0.15) is 19.8 Å². The Kier molecular flexibility index (Phi) is 6.46. The van der Waals surface area contributed by atoms with E-state index in [1.54, 1.807) is 7.05 Å². The maximum Gasteiger partial charge on any atom is 0.344 e. The largest absolute Gasteiger partial charge is 0.361 e. The summed E-state index contributed by atoms with van der Waals surface area (Å²) in [5, 5.41) is 0. The lowest BCUT2D eigenvalue weighted by molar-refractivity contribution is -0.125. The van der Waals surface area contributed by atoms with Crippen molar-refractivity contribution in [2.75, 3.05) is 13.6 Å². The minimum atomic E-state index is -0.302. The van der Waals surface area contributed by atoms with Gasteiger partial charge in [0.1, 0.15) is 0 Å². The van der Waals surface area contributed by atoms with Crippen LogP contribution in [0.5, 0.6) is 0 Å². The fourth-order valence-corrected chi connectivity index (χ4v) is 0.755. The van der Waals surface area contributed by atoms with Crippen molar-refractivity contribution in [1.82, 2.24) is 4.90 Å². The number of rotatable bonds is 5. The molecule has 0 radical (unpaired) electrons. The third-order valence-corrected chi connectivity index (χ3v) is 1.55. The molecule has 0 spiro atoms. The molecular weight excluding hydrogens is 166 g/mol. The van der Waals surface area contributed by atoms with E-state index in [1.165, 1.54) is 4.90 Å². The van der Waals surface area contributed by atoms with E-state index in [1.807, 2.05) is 12.2 Å². The smallest absolute Gasteiger partial charge is 0.344 e. The second kappa shape index (κ2) is 7.25. The summed E-state index contributed by atoms with van der Waals surface area (Å²) in [5.74, 6) is -0.302. The molecule has 0 aromatic rings. The number of amides is 1. The van der Waals surface area contributed by atoms with Crippen LogP contribution in [0.25, 0.3) is 5.53 Å². The second-order valence-corrected chi connectivity index (χ2v) is 2.72. The highest BCUT2D eigenvalue weighted by Gasteiger charge is 2.06. The Bertz CT molecular complexity index is 229. The summed E-state index contributed by atoms with van der Waals surface area (Å²) in [7, 11) is 1.65. The van der Waals surface area contributed by atoms with Crippen LogP contribution in [0, 0.1) is 0 Å². The number of likely N-dealkylation sites (N-methyl/N-ethyl adjacent to an activating group) is 1. The zero-order chi connectivity index (χ0) is 10.1. The third kappa shape index (κ3) is 5.82. The van der Waals surface area contributed by atoms with Crippen LogP contribution in [0.3, 0.4) is 0 Å². The van der Waals surface area contributed by atoms with Gasteiger partial charge < -0.3 is 10.4 Å². The Morgan fingerprint density at radius 2 is 2.23 bits per heavy atom. The number of hydrogen-bond acceptors (Lipinski definition) is 1. The van der Waals surface area contributed by atoms with Crippen LogP contribution in [0.15, 0.2) is 12.2 Å². The SMILES string of the molecule is CCC/C=C/CN(C)C(=O)C=[N+]=[N-]. The molecule has 0 rings (SSSR count). The highest BCUT2D eigenvalue weighted by atomic mass is 16.2. The average molecular weight is 181 g/mol. The minimum absolute atomic E-state index is 0.302. The molecular formula is C9H15N3O. The van der Waals surface area contributed by atoms with Gasteiger partial charge in [0.25, 0.3) is 0 Å². The van der Waals surface area contributed by atoms with Crippen molar-refractivity contribution in [3.63, 3.8) is 0 Å². The quantitative estimate of drug-likeness (QED) is 0.271. The molecule has 0 saturated heterocycles. The number of unbranched alkanes of at least 4 members (excludes halogenated alkanes) is 1. The molecule has 0 heterocycles. The second-order valence-electron chi connectivity index (χ2n) is 2.72.